The number of carbonyl (C=O) groups excluding carboxylic acids is 1. The monoisotopic (exact) mass is 779 g/mol. The quantitative estimate of drug-likeness (QED) is 0.220. The minimum atomic E-state index is -4.65. The van der Waals surface area contributed by atoms with E-state index in [4.69, 9.17) is 21.3 Å². The lowest BCUT2D eigenvalue weighted by Crippen LogP contribution is -2.50. The number of pyridine rings is 1. The second kappa shape index (κ2) is 13.7. The summed E-state index contributed by atoms with van der Waals surface area (Å²) in [4.78, 5) is 38.6. The highest BCUT2D eigenvalue weighted by Crippen LogP contribution is 2.55. The van der Waals surface area contributed by atoms with E-state index in [0.717, 1.165) is 31.2 Å². The van der Waals surface area contributed by atoms with E-state index in [0.29, 0.717) is 68.7 Å². The number of aromatic nitrogens is 3. The largest absolute Gasteiger partial charge is 0.522 e. The summed E-state index contributed by atoms with van der Waals surface area (Å²) in [5.41, 5.74) is 3.63. The van der Waals surface area contributed by atoms with Gasteiger partial charge in [-0.25, -0.2) is 18.1 Å². The maximum absolute atomic E-state index is 14.1. The molecule has 3 aromatic heterocycles. The average molecular weight is 780 g/mol. The molecular formula is C35H37ClF3N5O6S2. The summed E-state index contributed by atoms with van der Waals surface area (Å²) in [7, 11) is -3.79. The van der Waals surface area contributed by atoms with Crippen LogP contribution in [0.3, 0.4) is 0 Å². The normalized spacial score (nSPS) is 19.2. The van der Waals surface area contributed by atoms with Gasteiger partial charge >= 0.3 is 6.36 Å². The van der Waals surface area contributed by atoms with Crippen LogP contribution in [0.2, 0.25) is 5.02 Å². The second-order valence-electron chi connectivity index (χ2n) is 13.9. The summed E-state index contributed by atoms with van der Waals surface area (Å²) in [6.07, 6.45) is -0.852. The van der Waals surface area contributed by atoms with Gasteiger partial charge in [-0.05, 0) is 76.6 Å². The number of benzene rings is 1. The van der Waals surface area contributed by atoms with Crippen molar-refractivity contribution in [2.24, 2.45) is 0 Å². The molecule has 1 aliphatic heterocycles. The van der Waals surface area contributed by atoms with Gasteiger partial charge in [-0.15, -0.1) is 24.5 Å². The zero-order valence-electron chi connectivity index (χ0n) is 28.7. The Labute approximate surface area is 307 Å². The first-order chi connectivity index (χ1) is 24.5. The summed E-state index contributed by atoms with van der Waals surface area (Å²) >= 11 is 7.69. The van der Waals surface area contributed by atoms with E-state index in [1.54, 1.807) is 35.1 Å². The second-order valence-corrected chi connectivity index (χ2v) is 17.0. The molecule has 0 radical (unpaired) electrons. The number of amides is 1. The molecule has 1 atom stereocenters. The van der Waals surface area contributed by atoms with Crippen LogP contribution in [-0.2, 0) is 33.1 Å². The zero-order valence-corrected chi connectivity index (χ0v) is 31.1. The molecule has 4 heterocycles. The van der Waals surface area contributed by atoms with Crippen molar-refractivity contribution in [3.8, 4) is 16.9 Å². The Hall–Kier alpha value is -3.57. The fourth-order valence-electron chi connectivity index (χ4n) is 7.65. The number of alkyl halides is 3. The van der Waals surface area contributed by atoms with E-state index in [2.05, 4.69) is 14.6 Å². The van der Waals surface area contributed by atoms with Crippen LogP contribution in [0, 0.1) is 13.8 Å². The van der Waals surface area contributed by atoms with Gasteiger partial charge in [-0.3, -0.25) is 28.8 Å². The number of nitrogens with zero attached hydrogens (tertiary/aromatic N) is 4. The molecule has 17 heteroatoms. The third-order valence-electron chi connectivity index (χ3n) is 10.1. The number of carbonyl (C=O) groups is 1. The zero-order chi connectivity index (χ0) is 37.2. The number of sulfonamides is 1. The SMILES string of the molecule is Cc1cc(-c2cc(Cl)ccc2OCCn2c(C)nc3c(c2=O)C[C@@H](N2CCC(OC(F)(F)F)CC2)CC32CC2)c2scc(C(=O)NS(C)(=O)=O)c2n1. The van der Waals surface area contributed by atoms with Gasteiger partial charge in [0.1, 0.15) is 18.2 Å². The van der Waals surface area contributed by atoms with Crippen LogP contribution in [-0.4, -0.2) is 78.2 Å². The number of aryl methyl sites for hydroxylation is 2. The Bertz CT molecular complexity index is 2230. The van der Waals surface area contributed by atoms with Crippen molar-refractivity contribution in [2.45, 2.75) is 82.8 Å². The molecule has 2 fully saturated rings. The van der Waals surface area contributed by atoms with Crippen LogP contribution in [0.5, 0.6) is 5.75 Å². The third-order valence-corrected chi connectivity index (χ3v) is 11.9. The Kier molecular flexibility index (Phi) is 9.68. The van der Waals surface area contributed by atoms with E-state index in [9.17, 15) is 31.2 Å². The van der Waals surface area contributed by atoms with Gasteiger partial charge < -0.3 is 4.74 Å². The van der Waals surface area contributed by atoms with E-state index in [-0.39, 0.29) is 48.6 Å². The van der Waals surface area contributed by atoms with Gasteiger partial charge in [0.2, 0.25) is 10.0 Å². The number of nitrogens with one attached hydrogen (secondary N) is 1. The molecule has 1 saturated carbocycles. The maximum atomic E-state index is 14.1. The lowest BCUT2D eigenvalue weighted by molar-refractivity contribution is -0.346. The van der Waals surface area contributed by atoms with E-state index in [1.807, 2.05) is 17.7 Å². The highest BCUT2D eigenvalue weighted by Gasteiger charge is 2.53. The number of likely N-dealkylation sites (tertiary alicyclic amines) is 1. The Morgan fingerprint density at radius 2 is 1.87 bits per heavy atom. The number of thiophene rings is 1. The molecule has 1 spiro atoms. The number of halogens is 4. The van der Waals surface area contributed by atoms with Crippen LogP contribution < -0.4 is 15.0 Å². The molecule has 0 unspecified atom stereocenters. The van der Waals surface area contributed by atoms with Gasteiger partial charge in [-0.2, -0.15) is 0 Å². The smallest absolute Gasteiger partial charge is 0.491 e. The molecule has 3 aliphatic rings. The van der Waals surface area contributed by atoms with Crippen LogP contribution in [0.15, 0.2) is 34.4 Å². The molecule has 52 heavy (non-hydrogen) atoms. The van der Waals surface area contributed by atoms with Gasteiger partial charge in [0.05, 0.1) is 40.4 Å². The van der Waals surface area contributed by atoms with Crippen molar-refractivity contribution in [3.05, 3.63) is 73.4 Å². The summed E-state index contributed by atoms with van der Waals surface area (Å²) in [5, 5.41) is 2.01. The molecule has 1 aromatic carbocycles. The maximum Gasteiger partial charge on any atom is 0.522 e. The van der Waals surface area contributed by atoms with Crippen molar-refractivity contribution in [1.82, 2.24) is 24.2 Å². The molecule has 11 nitrogen and oxygen atoms in total. The predicted octanol–water partition coefficient (Wildman–Crippen LogP) is 5.91. The third kappa shape index (κ3) is 7.58. The minimum Gasteiger partial charge on any atom is -0.491 e. The van der Waals surface area contributed by atoms with Crippen LogP contribution in [0.25, 0.3) is 21.3 Å². The van der Waals surface area contributed by atoms with Crippen molar-refractivity contribution < 1.29 is 35.9 Å². The average Bonchev–Trinajstić information content (AvgIpc) is 3.69. The summed E-state index contributed by atoms with van der Waals surface area (Å²) in [5.74, 6) is 0.292. The first-order valence-electron chi connectivity index (χ1n) is 16.9. The molecule has 4 aromatic rings. The van der Waals surface area contributed by atoms with Crippen molar-refractivity contribution in [3.63, 3.8) is 0 Å². The molecule has 1 amide bonds. The van der Waals surface area contributed by atoms with Crippen LogP contribution >= 0.6 is 22.9 Å². The molecular weight excluding hydrogens is 743 g/mol. The molecule has 0 bridgehead atoms. The molecule has 1 saturated heterocycles. The van der Waals surface area contributed by atoms with Gasteiger partial charge in [0, 0.05) is 57.3 Å². The molecule has 1 N–H and O–H groups in total. The Morgan fingerprint density at radius 3 is 2.54 bits per heavy atom. The minimum absolute atomic E-state index is 0.0382. The number of hydrogen-bond acceptors (Lipinski definition) is 10. The van der Waals surface area contributed by atoms with Gasteiger partial charge in [0.25, 0.3) is 11.5 Å². The van der Waals surface area contributed by atoms with Crippen LogP contribution in [0.4, 0.5) is 13.2 Å². The summed E-state index contributed by atoms with van der Waals surface area (Å²) < 4.78 is 76.7. The van der Waals surface area contributed by atoms with Crippen molar-refractivity contribution >= 4 is 49.1 Å². The Balaban J connectivity index is 1.11. The van der Waals surface area contributed by atoms with Crippen molar-refractivity contribution in [1.29, 1.82) is 0 Å². The predicted molar refractivity (Wildman–Crippen MR) is 191 cm³/mol. The number of fused-ring (bicyclic) bond motifs is 3. The molecule has 7 rings (SSSR count). The first-order valence-corrected chi connectivity index (χ1v) is 20.1. The van der Waals surface area contributed by atoms with E-state index in [1.165, 1.54) is 11.3 Å². The van der Waals surface area contributed by atoms with Gasteiger partial charge in [0.15, 0.2) is 0 Å². The summed E-state index contributed by atoms with van der Waals surface area (Å²) in [6, 6.07) is 7.04. The van der Waals surface area contributed by atoms with Crippen molar-refractivity contribution in [2.75, 3.05) is 26.0 Å². The number of rotatable bonds is 9. The lowest BCUT2D eigenvalue weighted by atomic mass is 9.80. The topological polar surface area (TPSA) is 133 Å². The fraction of sp³-hybridized carbons (Fsp3) is 0.486. The number of hydrogen-bond donors (Lipinski definition) is 1. The lowest BCUT2D eigenvalue weighted by Gasteiger charge is -2.41. The summed E-state index contributed by atoms with van der Waals surface area (Å²) in [6.45, 7) is 4.87. The molecule has 2 aliphatic carbocycles. The van der Waals surface area contributed by atoms with Crippen LogP contribution in [0.1, 0.15) is 65.2 Å². The standard InChI is InChI=1S/C35H37ClF3N5O6S2/c1-19-14-25(30-29(40-19)27(18-51-30)32(45)42-52(3,47)48)24-15-21(36)4-5-28(24)49-13-12-44-20(2)41-31-26(33(44)46)16-22(17-34(31)8-9-34)43-10-6-23(7-11-43)50-35(37,38)39/h4-5,14-15,18,22-23H,6-13,16-17H2,1-3H3,(H,42,45)/t22-/m1/s1. The number of ether oxygens (including phenoxy) is 2. The van der Waals surface area contributed by atoms with E-state index >= 15 is 0 Å². The number of piperidine rings is 1. The first kappa shape index (κ1) is 36.8. The highest BCUT2D eigenvalue weighted by molar-refractivity contribution is 7.89. The van der Waals surface area contributed by atoms with Gasteiger partial charge in [-0.1, -0.05) is 11.6 Å². The highest BCUT2D eigenvalue weighted by atomic mass is 35.5. The van der Waals surface area contributed by atoms with E-state index < -0.39 is 28.4 Å². The fourth-order valence-corrected chi connectivity index (χ4v) is 9.28. The molecule has 278 valence electrons. The Morgan fingerprint density at radius 1 is 1.13 bits per heavy atom.